The Morgan fingerprint density at radius 3 is 2.67 bits per heavy atom. The van der Waals surface area contributed by atoms with Gasteiger partial charge in [-0.2, -0.15) is 0 Å². The largest absolute Gasteiger partial charge is 0.461 e. The number of carbonyl (C=O) groups excluding carboxylic acids is 1. The van der Waals surface area contributed by atoms with Crippen LogP contribution in [0.15, 0.2) is 0 Å². The van der Waals surface area contributed by atoms with Gasteiger partial charge in [-0.05, 0) is 51.2 Å². The summed E-state index contributed by atoms with van der Waals surface area (Å²) in [5, 5.41) is 0. The van der Waals surface area contributed by atoms with E-state index in [2.05, 4.69) is 9.80 Å². The van der Waals surface area contributed by atoms with Crippen LogP contribution in [-0.4, -0.2) is 80.4 Å². The number of piperidine rings is 3. The summed E-state index contributed by atoms with van der Waals surface area (Å²) in [4.78, 5) is 16.9. The summed E-state index contributed by atoms with van der Waals surface area (Å²) in [6.45, 7) is 7.73. The first-order valence-corrected chi connectivity index (χ1v) is 9.70. The molecule has 0 spiro atoms. The van der Waals surface area contributed by atoms with Gasteiger partial charge < -0.3 is 15.2 Å². The van der Waals surface area contributed by atoms with E-state index in [-0.39, 0.29) is 18.2 Å². The molecule has 2 atom stereocenters. The predicted octanol–water partition coefficient (Wildman–Crippen LogP) is 0.844. The van der Waals surface area contributed by atoms with Crippen molar-refractivity contribution in [2.75, 3.05) is 52.4 Å². The second-order valence-corrected chi connectivity index (χ2v) is 7.51. The number of fused-ring (bicyclic) bond motifs is 3. The molecule has 0 amide bonds. The fourth-order valence-corrected chi connectivity index (χ4v) is 4.18. The molecule has 24 heavy (non-hydrogen) atoms. The number of hydrogen-bond donors (Lipinski definition) is 1. The molecule has 0 aromatic carbocycles. The molecule has 0 saturated carbocycles. The summed E-state index contributed by atoms with van der Waals surface area (Å²) in [7, 11) is 0. The van der Waals surface area contributed by atoms with E-state index in [4.69, 9.17) is 15.2 Å². The molecule has 2 bridgehead atoms. The highest BCUT2D eigenvalue weighted by atomic mass is 16.5. The van der Waals surface area contributed by atoms with Crippen LogP contribution >= 0.6 is 0 Å². The molecule has 0 unspecified atom stereocenters. The summed E-state index contributed by atoms with van der Waals surface area (Å²) in [6.07, 6.45) is 6.45. The Balaban J connectivity index is 1.23. The highest BCUT2D eigenvalue weighted by molar-refractivity contribution is 5.69. The summed E-state index contributed by atoms with van der Waals surface area (Å²) in [5.41, 5.74) is 5.67. The Bertz CT molecular complexity index is 399. The van der Waals surface area contributed by atoms with Crippen molar-refractivity contribution in [3.05, 3.63) is 0 Å². The van der Waals surface area contributed by atoms with Gasteiger partial charge in [0.05, 0.1) is 12.7 Å². The minimum atomic E-state index is 0.00307. The molecular weight excluding hydrogens is 306 g/mol. The Morgan fingerprint density at radius 1 is 1.12 bits per heavy atom. The zero-order chi connectivity index (χ0) is 16.8. The number of hydrogen-bond acceptors (Lipinski definition) is 6. The van der Waals surface area contributed by atoms with Crippen molar-refractivity contribution in [1.29, 1.82) is 0 Å². The average Bonchev–Trinajstić information content (AvgIpc) is 2.62. The fourth-order valence-electron chi connectivity index (χ4n) is 4.18. The van der Waals surface area contributed by atoms with Gasteiger partial charge in [0.15, 0.2) is 0 Å². The van der Waals surface area contributed by atoms with Crippen LogP contribution in [0.1, 0.15) is 38.5 Å². The number of ether oxygens (including phenoxy) is 2. The summed E-state index contributed by atoms with van der Waals surface area (Å²) in [5.74, 6) is 0.610. The number of morpholine rings is 1. The standard InChI is InChI=1S/C18H33N3O3/c19-12-16-13-20(10-11-23-16)7-3-1-2-4-18(22)24-17-14-21-8-5-15(17)6-9-21/h15-17H,1-14,19H2/t16-,17+/m1/s1. The van der Waals surface area contributed by atoms with Crippen LogP contribution in [0.3, 0.4) is 0 Å². The highest BCUT2D eigenvalue weighted by Crippen LogP contribution is 2.29. The van der Waals surface area contributed by atoms with Gasteiger partial charge in [-0.3, -0.25) is 14.6 Å². The van der Waals surface area contributed by atoms with Gasteiger partial charge in [-0.25, -0.2) is 0 Å². The molecular formula is C18H33N3O3. The van der Waals surface area contributed by atoms with E-state index >= 15 is 0 Å². The molecule has 0 radical (unpaired) electrons. The van der Waals surface area contributed by atoms with Crippen LogP contribution < -0.4 is 5.73 Å². The molecule has 4 heterocycles. The van der Waals surface area contributed by atoms with Gasteiger partial charge in [0.25, 0.3) is 0 Å². The first-order valence-electron chi connectivity index (χ1n) is 9.70. The summed E-state index contributed by atoms with van der Waals surface area (Å²) >= 11 is 0. The monoisotopic (exact) mass is 339 g/mol. The normalized spacial score (nSPS) is 33.5. The molecule has 0 aromatic heterocycles. The van der Waals surface area contributed by atoms with Crippen LogP contribution in [0.4, 0.5) is 0 Å². The van der Waals surface area contributed by atoms with Gasteiger partial charge >= 0.3 is 5.97 Å². The number of carbonyl (C=O) groups is 1. The lowest BCUT2D eigenvalue weighted by Gasteiger charge is -2.43. The van der Waals surface area contributed by atoms with E-state index in [0.717, 1.165) is 52.0 Å². The first-order chi connectivity index (χ1) is 11.7. The SMILES string of the molecule is NC[C@@H]1CN(CCCCCC(=O)O[C@H]2CN3CCC2CC3)CCO1. The maximum atomic E-state index is 12.1. The molecule has 2 N–H and O–H groups in total. The third kappa shape index (κ3) is 5.15. The maximum absolute atomic E-state index is 12.1. The summed E-state index contributed by atoms with van der Waals surface area (Å²) in [6, 6.07) is 0. The van der Waals surface area contributed by atoms with Gasteiger partial charge in [-0.15, -0.1) is 0 Å². The number of nitrogens with two attached hydrogens (primary N) is 1. The molecule has 0 aromatic rings. The molecule has 4 fully saturated rings. The maximum Gasteiger partial charge on any atom is 0.306 e. The van der Waals surface area contributed by atoms with Gasteiger partial charge in [0.1, 0.15) is 6.10 Å². The third-order valence-electron chi connectivity index (χ3n) is 5.72. The van der Waals surface area contributed by atoms with Crippen molar-refractivity contribution in [2.45, 2.75) is 50.7 Å². The molecule has 4 aliphatic heterocycles. The van der Waals surface area contributed by atoms with Gasteiger partial charge in [0.2, 0.25) is 0 Å². The number of nitrogens with zero attached hydrogens (tertiary/aromatic N) is 2. The van der Waals surface area contributed by atoms with E-state index in [1.807, 2.05) is 0 Å². The Labute approximate surface area is 145 Å². The molecule has 0 aliphatic carbocycles. The lowest BCUT2D eigenvalue weighted by atomic mass is 9.86. The third-order valence-corrected chi connectivity index (χ3v) is 5.72. The van der Waals surface area contributed by atoms with Crippen LogP contribution in [0.5, 0.6) is 0 Å². The topological polar surface area (TPSA) is 68.0 Å². The predicted molar refractivity (Wildman–Crippen MR) is 92.7 cm³/mol. The smallest absolute Gasteiger partial charge is 0.306 e. The van der Waals surface area contributed by atoms with Crippen molar-refractivity contribution in [3.63, 3.8) is 0 Å². The molecule has 4 saturated heterocycles. The van der Waals surface area contributed by atoms with Crippen molar-refractivity contribution in [1.82, 2.24) is 9.80 Å². The van der Waals surface area contributed by atoms with Crippen molar-refractivity contribution in [3.8, 4) is 0 Å². The first kappa shape index (κ1) is 18.1. The number of rotatable bonds is 8. The Hall–Kier alpha value is -0.690. The second-order valence-electron chi connectivity index (χ2n) is 7.51. The van der Waals surface area contributed by atoms with Crippen LogP contribution in [0, 0.1) is 5.92 Å². The Morgan fingerprint density at radius 2 is 1.96 bits per heavy atom. The van der Waals surface area contributed by atoms with Gasteiger partial charge in [-0.1, -0.05) is 6.42 Å². The second kappa shape index (κ2) is 9.13. The molecule has 4 aliphatic rings. The minimum absolute atomic E-state index is 0.00307. The van der Waals surface area contributed by atoms with Gasteiger partial charge in [0, 0.05) is 32.6 Å². The Kier molecular flexibility index (Phi) is 6.89. The zero-order valence-corrected chi connectivity index (χ0v) is 14.8. The molecule has 6 heteroatoms. The van der Waals surface area contributed by atoms with E-state index in [1.54, 1.807) is 0 Å². The van der Waals surface area contributed by atoms with E-state index < -0.39 is 0 Å². The average molecular weight is 339 g/mol. The summed E-state index contributed by atoms with van der Waals surface area (Å²) < 4.78 is 11.3. The van der Waals surface area contributed by atoms with E-state index in [1.165, 1.54) is 25.9 Å². The molecule has 138 valence electrons. The van der Waals surface area contributed by atoms with Crippen LogP contribution in [-0.2, 0) is 14.3 Å². The van der Waals surface area contributed by atoms with Crippen LogP contribution in [0.25, 0.3) is 0 Å². The van der Waals surface area contributed by atoms with Crippen molar-refractivity contribution in [2.24, 2.45) is 11.7 Å². The number of esters is 1. The van der Waals surface area contributed by atoms with E-state index in [9.17, 15) is 4.79 Å². The fraction of sp³-hybridized carbons (Fsp3) is 0.944. The quantitative estimate of drug-likeness (QED) is 0.522. The van der Waals surface area contributed by atoms with E-state index in [0.29, 0.717) is 18.9 Å². The molecule has 6 nitrogen and oxygen atoms in total. The van der Waals surface area contributed by atoms with Crippen molar-refractivity contribution >= 4 is 5.97 Å². The highest BCUT2D eigenvalue weighted by Gasteiger charge is 2.36. The zero-order valence-electron chi connectivity index (χ0n) is 14.8. The molecule has 4 rings (SSSR count). The minimum Gasteiger partial charge on any atom is -0.461 e. The van der Waals surface area contributed by atoms with Crippen molar-refractivity contribution < 1.29 is 14.3 Å². The van der Waals surface area contributed by atoms with Crippen LogP contribution in [0.2, 0.25) is 0 Å². The lowest BCUT2D eigenvalue weighted by molar-refractivity contribution is -0.158. The number of unbranched alkanes of at least 4 members (excludes halogenated alkanes) is 2. The lowest BCUT2D eigenvalue weighted by Crippen LogP contribution is -2.51.